The van der Waals surface area contributed by atoms with Gasteiger partial charge in [0.05, 0.1) is 27.6 Å². The molecule has 3 nitrogen and oxygen atoms in total. The lowest BCUT2D eigenvalue weighted by Crippen LogP contribution is -2.14. The number of nitrogens with one attached hydrogen (secondary N) is 1. The molecule has 0 bridgehead atoms. The highest BCUT2D eigenvalue weighted by Crippen LogP contribution is 2.35. The van der Waals surface area contributed by atoms with E-state index in [2.05, 4.69) is 38.2 Å². The first-order valence-electron chi connectivity index (χ1n) is 8.12. The van der Waals surface area contributed by atoms with Crippen LogP contribution in [-0.4, -0.2) is 15.7 Å². The lowest BCUT2D eigenvalue weighted by Gasteiger charge is -2.15. The summed E-state index contributed by atoms with van der Waals surface area (Å²) in [6.07, 6.45) is 1.06. The molecular formula is C19H21Cl2N3. The quantitative estimate of drug-likeness (QED) is 0.604. The Morgan fingerprint density at radius 3 is 2.58 bits per heavy atom. The second kappa shape index (κ2) is 6.66. The van der Waals surface area contributed by atoms with E-state index in [4.69, 9.17) is 28.3 Å². The van der Waals surface area contributed by atoms with E-state index >= 15 is 0 Å². The lowest BCUT2D eigenvalue weighted by molar-refractivity contribution is 0.762. The summed E-state index contributed by atoms with van der Waals surface area (Å²) in [7, 11) is 0. The molecule has 1 atom stereocenters. The summed E-state index contributed by atoms with van der Waals surface area (Å²) >= 11 is 12.5. The fourth-order valence-corrected chi connectivity index (χ4v) is 3.38. The Labute approximate surface area is 152 Å². The zero-order valence-corrected chi connectivity index (χ0v) is 15.8. The van der Waals surface area contributed by atoms with Gasteiger partial charge in [-0.3, -0.25) is 0 Å². The van der Waals surface area contributed by atoms with E-state index in [0.29, 0.717) is 16.1 Å². The second-order valence-electron chi connectivity index (χ2n) is 6.25. The highest BCUT2D eigenvalue weighted by atomic mass is 35.5. The van der Waals surface area contributed by atoms with E-state index in [1.165, 1.54) is 0 Å². The topological polar surface area (TPSA) is 29.3 Å². The van der Waals surface area contributed by atoms with Crippen LogP contribution in [-0.2, 0) is 0 Å². The molecule has 5 heteroatoms. The maximum absolute atomic E-state index is 6.44. The molecule has 1 N–H and O–H groups in total. The van der Waals surface area contributed by atoms with Crippen LogP contribution in [0, 0.1) is 13.8 Å². The molecule has 0 saturated heterocycles. The SMILES string of the molecule is CC[C@H](C)Nc1cc(C)nn2c(-c3ccc(Cl)cc3Cl)c(C)cc12. The summed E-state index contributed by atoms with van der Waals surface area (Å²) in [5, 5.41) is 9.55. The Bertz CT molecular complexity index is 899. The van der Waals surface area contributed by atoms with Gasteiger partial charge in [0, 0.05) is 16.6 Å². The van der Waals surface area contributed by atoms with Crippen molar-refractivity contribution in [2.45, 2.75) is 40.2 Å². The molecule has 0 aliphatic carbocycles. The maximum Gasteiger partial charge on any atom is 0.0888 e. The molecule has 0 saturated carbocycles. The van der Waals surface area contributed by atoms with Gasteiger partial charge >= 0.3 is 0 Å². The van der Waals surface area contributed by atoms with Gasteiger partial charge in [0.1, 0.15) is 0 Å². The molecule has 2 heterocycles. The molecule has 1 aromatic carbocycles. The number of benzene rings is 1. The highest BCUT2D eigenvalue weighted by Gasteiger charge is 2.17. The summed E-state index contributed by atoms with van der Waals surface area (Å²) in [6, 6.07) is 10.2. The van der Waals surface area contributed by atoms with Crippen LogP contribution in [0.2, 0.25) is 10.0 Å². The molecule has 3 rings (SSSR count). The van der Waals surface area contributed by atoms with E-state index in [9.17, 15) is 0 Å². The van der Waals surface area contributed by atoms with Gasteiger partial charge in [-0.05, 0) is 63.1 Å². The number of aryl methyl sites for hydroxylation is 2. The molecule has 0 radical (unpaired) electrons. The fourth-order valence-electron chi connectivity index (χ4n) is 2.88. The number of hydrogen-bond acceptors (Lipinski definition) is 2. The van der Waals surface area contributed by atoms with Crippen molar-refractivity contribution >= 4 is 34.4 Å². The molecule has 0 amide bonds. The van der Waals surface area contributed by atoms with Crippen molar-refractivity contribution in [2.75, 3.05) is 5.32 Å². The largest absolute Gasteiger partial charge is 0.381 e. The third kappa shape index (κ3) is 3.11. The Kier molecular flexibility index (Phi) is 4.75. The number of hydrogen-bond donors (Lipinski definition) is 1. The van der Waals surface area contributed by atoms with E-state index in [0.717, 1.165) is 40.1 Å². The van der Waals surface area contributed by atoms with Crippen molar-refractivity contribution < 1.29 is 0 Å². The van der Waals surface area contributed by atoms with Crippen LogP contribution in [0.4, 0.5) is 5.69 Å². The van der Waals surface area contributed by atoms with E-state index in [1.807, 2.05) is 23.6 Å². The van der Waals surface area contributed by atoms with E-state index in [1.54, 1.807) is 6.07 Å². The number of fused-ring (bicyclic) bond motifs is 1. The van der Waals surface area contributed by atoms with Gasteiger partial charge < -0.3 is 5.32 Å². The zero-order valence-electron chi connectivity index (χ0n) is 14.3. The Balaban J connectivity index is 2.25. The zero-order chi connectivity index (χ0) is 17.4. The molecular weight excluding hydrogens is 341 g/mol. The lowest BCUT2D eigenvalue weighted by atomic mass is 10.1. The van der Waals surface area contributed by atoms with Crippen LogP contribution >= 0.6 is 23.2 Å². The Morgan fingerprint density at radius 1 is 1.17 bits per heavy atom. The van der Waals surface area contributed by atoms with Crippen molar-refractivity contribution in [2.24, 2.45) is 0 Å². The van der Waals surface area contributed by atoms with Crippen molar-refractivity contribution in [3.05, 3.63) is 51.6 Å². The molecule has 0 unspecified atom stereocenters. The highest BCUT2D eigenvalue weighted by molar-refractivity contribution is 6.36. The Hall–Kier alpha value is -1.71. The summed E-state index contributed by atoms with van der Waals surface area (Å²) in [6.45, 7) is 8.44. The van der Waals surface area contributed by atoms with Crippen molar-refractivity contribution in [1.29, 1.82) is 0 Å². The first-order chi connectivity index (χ1) is 11.4. The van der Waals surface area contributed by atoms with Crippen LogP contribution in [0.1, 0.15) is 31.5 Å². The first-order valence-corrected chi connectivity index (χ1v) is 8.88. The van der Waals surface area contributed by atoms with Gasteiger partial charge in [-0.2, -0.15) is 5.10 Å². The number of aromatic nitrogens is 2. The summed E-state index contributed by atoms with van der Waals surface area (Å²) in [4.78, 5) is 0. The molecule has 0 aliphatic rings. The molecule has 24 heavy (non-hydrogen) atoms. The van der Waals surface area contributed by atoms with Gasteiger partial charge in [-0.15, -0.1) is 0 Å². The minimum Gasteiger partial charge on any atom is -0.381 e. The number of rotatable bonds is 4. The monoisotopic (exact) mass is 361 g/mol. The molecule has 126 valence electrons. The summed E-state index contributed by atoms with van der Waals surface area (Å²) in [5.74, 6) is 0. The molecule has 0 aliphatic heterocycles. The number of halogens is 2. The summed E-state index contributed by atoms with van der Waals surface area (Å²) in [5.41, 5.74) is 6.17. The van der Waals surface area contributed by atoms with Crippen LogP contribution in [0.3, 0.4) is 0 Å². The number of nitrogens with zero attached hydrogens (tertiary/aromatic N) is 2. The third-order valence-electron chi connectivity index (χ3n) is 4.25. The Morgan fingerprint density at radius 2 is 1.92 bits per heavy atom. The summed E-state index contributed by atoms with van der Waals surface area (Å²) < 4.78 is 1.98. The van der Waals surface area contributed by atoms with Crippen LogP contribution < -0.4 is 5.32 Å². The number of anilines is 1. The van der Waals surface area contributed by atoms with Gasteiger partial charge in [0.25, 0.3) is 0 Å². The standard InChI is InChI=1S/C19H21Cl2N3/c1-5-12(3)22-17-9-13(4)23-24-18(17)8-11(2)19(24)15-7-6-14(20)10-16(15)21/h6-10,12,22H,5H2,1-4H3/t12-/m0/s1. The van der Waals surface area contributed by atoms with Gasteiger partial charge in [0.15, 0.2) is 0 Å². The van der Waals surface area contributed by atoms with Gasteiger partial charge in [-0.1, -0.05) is 30.1 Å². The molecule has 0 spiro atoms. The van der Waals surface area contributed by atoms with Gasteiger partial charge in [0.2, 0.25) is 0 Å². The van der Waals surface area contributed by atoms with Crippen LogP contribution in [0.15, 0.2) is 30.3 Å². The molecule has 0 fully saturated rings. The van der Waals surface area contributed by atoms with Crippen molar-refractivity contribution in [3.63, 3.8) is 0 Å². The van der Waals surface area contributed by atoms with Crippen molar-refractivity contribution in [3.8, 4) is 11.3 Å². The second-order valence-corrected chi connectivity index (χ2v) is 7.09. The predicted octanol–water partition coefficient (Wildman–Crippen LogP) is 6.14. The average molecular weight is 362 g/mol. The van der Waals surface area contributed by atoms with Crippen LogP contribution in [0.5, 0.6) is 0 Å². The molecule has 2 aromatic heterocycles. The minimum absolute atomic E-state index is 0.397. The average Bonchev–Trinajstić information content (AvgIpc) is 2.84. The first kappa shape index (κ1) is 17.1. The smallest absolute Gasteiger partial charge is 0.0888 e. The van der Waals surface area contributed by atoms with Crippen LogP contribution in [0.25, 0.3) is 16.8 Å². The fraction of sp³-hybridized carbons (Fsp3) is 0.316. The van der Waals surface area contributed by atoms with Gasteiger partial charge in [-0.25, -0.2) is 4.52 Å². The molecule has 3 aromatic rings. The maximum atomic E-state index is 6.44. The van der Waals surface area contributed by atoms with Crippen molar-refractivity contribution in [1.82, 2.24) is 9.61 Å². The van der Waals surface area contributed by atoms with E-state index < -0.39 is 0 Å². The van der Waals surface area contributed by atoms with E-state index in [-0.39, 0.29) is 0 Å². The minimum atomic E-state index is 0.397. The normalized spacial score (nSPS) is 12.6. The predicted molar refractivity (Wildman–Crippen MR) is 103 cm³/mol. The third-order valence-corrected chi connectivity index (χ3v) is 4.80.